The molecular weight excluding hydrogens is 234 g/mol. The van der Waals surface area contributed by atoms with Gasteiger partial charge in [0, 0.05) is 13.1 Å². The predicted molar refractivity (Wildman–Crippen MR) is 65.2 cm³/mol. The van der Waals surface area contributed by atoms with E-state index in [1.54, 1.807) is 4.90 Å². The van der Waals surface area contributed by atoms with Gasteiger partial charge in [0.05, 0.1) is 12.5 Å². The fourth-order valence-electron chi connectivity index (χ4n) is 2.77. The number of carboxylic acids is 1. The third-order valence-electron chi connectivity index (χ3n) is 4.02. The van der Waals surface area contributed by atoms with Crippen LogP contribution in [0.25, 0.3) is 0 Å². The molecule has 2 fully saturated rings. The maximum atomic E-state index is 11.8. The van der Waals surface area contributed by atoms with E-state index in [1.165, 1.54) is 12.8 Å². The Hall–Kier alpha value is -1.26. The minimum absolute atomic E-state index is 0.272. The molecule has 1 heterocycles. The first-order chi connectivity index (χ1) is 8.66. The average molecular weight is 255 g/mol. The highest BCUT2D eigenvalue weighted by atomic mass is 16.6. The number of carboxylic acid groups (broad SMARTS) is 1. The summed E-state index contributed by atoms with van der Waals surface area (Å²) in [4.78, 5) is 24.2. The molecule has 0 atom stereocenters. The fraction of sp³-hybridized carbons (Fsp3) is 0.846. The highest BCUT2D eigenvalue weighted by molar-refractivity contribution is 5.71. The second kappa shape index (κ2) is 6.07. The number of carbonyl (C=O) groups excluding carboxylic acids is 1. The van der Waals surface area contributed by atoms with Crippen LogP contribution >= 0.6 is 0 Å². The number of piperidine rings is 1. The van der Waals surface area contributed by atoms with Gasteiger partial charge in [-0.3, -0.25) is 4.79 Å². The van der Waals surface area contributed by atoms with Gasteiger partial charge in [0.25, 0.3) is 0 Å². The number of nitrogens with zero attached hydrogens (tertiary/aromatic N) is 1. The maximum Gasteiger partial charge on any atom is 0.409 e. The van der Waals surface area contributed by atoms with Crippen molar-refractivity contribution >= 4 is 12.1 Å². The van der Waals surface area contributed by atoms with Gasteiger partial charge in [0.2, 0.25) is 0 Å². The van der Waals surface area contributed by atoms with Gasteiger partial charge in [0.15, 0.2) is 0 Å². The summed E-state index contributed by atoms with van der Waals surface area (Å²) >= 11 is 0. The number of aliphatic carboxylic acids is 1. The van der Waals surface area contributed by atoms with Gasteiger partial charge in [-0.05, 0) is 31.6 Å². The van der Waals surface area contributed by atoms with Crippen molar-refractivity contribution in [1.29, 1.82) is 0 Å². The smallest absolute Gasteiger partial charge is 0.409 e. The van der Waals surface area contributed by atoms with Gasteiger partial charge in [-0.15, -0.1) is 0 Å². The molecule has 0 aromatic rings. The van der Waals surface area contributed by atoms with E-state index in [-0.39, 0.29) is 12.0 Å². The van der Waals surface area contributed by atoms with Crippen LogP contribution < -0.4 is 0 Å². The SMILES string of the molecule is O=C(O)C1CCN(C(=O)OCC2CCCC2)CC1. The number of ether oxygens (including phenoxy) is 1. The summed E-state index contributed by atoms with van der Waals surface area (Å²) in [5.41, 5.74) is 0. The van der Waals surface area contributed by atoms with Gasteiger partial charge in [0.1, 0.15) is 0 Å². The molecule has 0 unspecified atom stereocenters. The van der Waals surface area contributed by atoms with Gasteiger partial charge < -0.3 is 14.7 Å². The third kappa shape index (κ3) is 3.37. The molecule has 0 aromatic heterocycles. The molecular formula is C13H21NO4. The zero-order valence-electron chi connectivity index (χ0n) is 10.6. The minimum atomic E-state index is -0.756. The summed E-state index contributed by atoms with van der Waals surface area (Å²) in [7, 11) is 0. The lowest BCUT2D eigenvalue weighted by atomic mass is 9.97. The first-order valence-corrected chi connectivity index (χ1v) is 6.81. The molecule has 1 aliphatic carbocycles. The molecule has 1 aliphatic heterocycles. The Morgan fingerprint density at radius 2 is 1.72 bits per heavy atom. The number of hydrogen-bond acceptors (Lipinski definition) is 3. The Bertz CT molecular complexity index is 304. The Kier molecular flexibility index (Phi) is 4.44. The van der Waals surface area contributed by atoms with E-state index in [9.17, 15) is 9.59 Å². The Balaban J connectivity index is 1.68. The van der Waals surface area contributed by atoms with Crippen molar-refractivity contribution in [3.05, 3.63) is 0 Å². The lowest BCUT2D eigenvalue weighted by Gasteiger charge is -2.29. The number of likely N-dealkylation sites (tertiary alicyclic amines) is 1. The molecule has 0 aromatic carbocycles. The largest absolute Gasteiger partial charge is 0.481 e. The van der Waals surface area contributed by atoms with Crippen molar-refractivity contribution in [3.8, 4) is 0 Å². The molecule has 1 N–H and O–H groups in total. The summed E-state index contributed by atoms with van der Waals surface area (Å²) in [6, 6.07) is 0. The van der Waals surface area contributed by atoms with Crippen LogP contribution in [0.15, 0.2) is 0 Å². The Labute approximate surface area is 107 Å². The van der Waals surface area contributed by atoms with Crippen LogP contribution in [-0.4, -0.2) is 41.8 Å². The standard InChI is InChI=1S/C13H21NO4/c15-12(16)11-5-7-14(8-6-11)13(17)18-9-10-3-1-2-4-10/h10-11H,1-9H2,(H,15,16). The van der Waals surface area contributed by atoms with Crippen molar-refractivity contribution in [2.75, 3.05) is 19.7 Å². The molecule has 0 spiro atoms. The van der Waals surface area contributed by atoms with Crippen molar-refractivity contribution < 1.29 is 19.4 Å². The number of hydrogen-bond donors (Lipinski definition) is 1. The number of rotatable bonds is 3. The van der Waals surface area contributed by atoms with Crippen LogP contribution in [0.5, 0.6) is 0 Å². The highest BCUT2D eigenvalue weighted by Gasteiger charge is 2.28. The molecule has 5 heteroatoms. The van der Waals surface area contributed by atoms with Crippen LogP contribution in [0.4, 0.5) is 4.79 Å². The van der Waals surface area contributed by atoms with E-state index in [0.29, 0.717) is 38.5 Å². The average Bonchev–Trinajstić information content (AvgIpc) is 2.89. The molecule has 0 bridgehead atoms. The first kappa shape index (κ1) is 13.2. The highest BCUT2D eigenvalue weighted by Crippen LogP contribution is 2.25. The van der Waals surface area contributed by atoms with Crippen LogP contribution in [0.1, 0.15) is 38.5 Å². The minimum Gasteiger partial charge on any atom is -0.481 e. The van der Waals surface area contributed by atoms with Crippen molar-refractivity contribution in [2.45, 2.75) is 38.5 Å². The van der Waals surface area contributed by atoms with Gasteiger partial charge in [-0.2, -0.15) is 0 Å². The van der Waals surface area contributed by atoms with Crippen LogP contribution in [0.2, 0.25) is 0 Å². The normalized spacial score (nSPS) is 22.1. The van der Waals surface area contributed by atoms with Crippen LogP contribution in [0.3, 0.4) is 0 Å². The Morgan fingerprint density at radius 1 is 1.11 bits per heavy atom. The summed E-state index contributed by atoms with van der Waals surface area (Å²) in [6.07, 6.45) is 5.61. The van der Waals surface area contributed by atoms with E-state index in [2.05, 4.69) is 0 Å². The Morgan fingerprint density at radius 3 is 2.28 bits per heavy atom. The maximum absolute atomic E-state index is 11.8. The second-order valence-electron chi connectivity index (χ2n) is 5.33. The summed E-state index contributed by atoms with van der Waals surface area (Å²) < 4.78 is 5.30. The topological polar surface area (TPSA) is 66.8 Å². The van der Waals surface area contributed by atoms with Crippen LogP contribution in [0, 0.1) is 11.8 Å². The van der Waals surface area contributed by atoms with Gasteiger partial charge in [-0.25, -0.2) is 4.79 Å². The molecule has 1 amide bonds. The summed E-state index contributed by atoms with van der Waals surface area (Å²) in [5, 5.41) is 8.88. The first-order valence-electron chi connectivity index (χ1n) is 6.81. The van der Waals surface area contributed by atoms with Crippen molar-refractivity contribution in [2.24, 2.45) is 11.8 Å². The monoisotopic (exact) mass is 255 g/mol. The van der Waals surface area contributed by atoms with Gasteiger partial charge in [-0.1, -0.05) is 12.8 Å². The molecule has 0 radical (unpaired) electrons. The number of carbonyl (C=O) groups is 2. The molecule has 102 valence electrons. The molecule has 2 aliphatic rings. The molecule has 2 rings (SSSR count). The van der Waals surface area contributed by atoms with Crippen LogP contribution in [-0.2, 0) is 9.53 Å². The molecule has 1 saturated heterocycles. The summed E-state index contributed by atoms with van der Waals surface area (Å²) in [6.45, 7) is 1.53. The van der Waals surface area contributed by atoms with Crippen molar-refractivity contribution in [1.82, 2.24) is 4.90 Å². The van der Waals surface area contributed by atoms with Crippen molar-refractivity contribution in [3.63, 3.8) is 0 Å². The lowest BCUT2D eigenvalue weighted by Crippen LogP contribution is -2.40. The van der Waals surface area contributed by atoms with E-state index < -0.39 is 5.97 Å². The predicted octanol–water partition coefficient (Wildman–Crippen LogP) is 2.11. The fourth-order valence-corrected chi connectivity index (χ4v) is 2.77. The van der Waals surface area contributed by atoms with Gasteiger partial charge >= 0.3 is 12.1 Å². The zero-order chi connectivity index (χ0) is 13.0. The van der Waals surface area contributed by atoms with E-state index in [1.807, 2.05) is 0 Å². The molecule has 18 heavy (non-hydrogen) atoms. The van der Waals surface area contributed by atoms with E-state index >= 15 is 0 Å². The van der Waals surface area contributed by atoms with E-state index in [4.69, 9.17) is 9.84 Å². The van der Waals surface area contributed by atoms with E-state index in [0.717, 1.165) is 12.8 Å². The third-order valence-corrected chi connectivity index (χ3v) is 4.02. The number of amides is 1. The molecule has 1 saturated carbocycles. The summed E-state index contributed by atoms with van der Waals surface area (Å²) in [5.74, 6) is -0.525. The lowest BCUT2D eigenvalue weighted by molar-refractivity contribution is -0.143. The zero-order valence-corrected chi connectivity index (χ0v) is 10.6. The molecule has 5 nitrogen and oxygen atoms in total. The quantitative estimate of drug-likeness (QED) is 0.838. The second-order valence-corrected chi connectivity index (χ2v) is 5.33.